The number of hydrogen-bond donors (Lipinski definition) is 1. The first-order valence-corrected chi connectivity index (χ1v) is 10.1. The van der Waals surface area contributed by atoms with Gasteiger partial charge in [-0.05, 0) is 50.3 Å². The zero-order valence-electron chi connectivity index (χ0n) is 16.7. The summed E-state index contributed by atoms with van der Waals surface area (Å²) in [6.45, 7) is 4.63. The molecule has 0 spiro atoms. The molecular formula is C22H25FN4O2. The molecule has 2 aromatic heterocycles. The van der Waals surface area contributed by atoms with Gasteiger partial charge in [-0.15, -0.1) is 0 Å². The van der Waals surface area contributed by atoms with E-state index in [4.69, 9.17) is 4.42 Å². The Balaban J connectivity index is 1.54. The minimum Gasteiger partial charge on any atom is -0.443 e. The van der Waals surface area contributed by atoms with E-state index in [9.17, 15) is 9.18 Å². The Morgan fingerprint density at radius 1 is 1.31 bits per heavy atom. The van der Waals surface area contributed by atoms with E-state index in [1.165, 1.54) is 12.1 Å². The number of hydrogen-bond acceptors (Lipinski definition) is 4. The van der Waals surface area contributed by atoms with Gasteiger partial charge in [-0.25, -0.2) is 9.37 Å². The van der Waals surface area contributed by atoms with Gasteiger partial charge in [-0.2, -0.15) is 5.10 Å². The van der Waals surface area contributed by atoms with Gasteiger partial charge in [0.2, 0.25) is 5.89 Å². The van der Waals surface area contributed by atoms with Gasteiger partial charge in [0.15, 0.2) is 5.69 Å². The summed E-state index contributed by atoms with van der Waals surface area (Å²) in [6.07, 6.45) is 5.82. The highest BCUT2D eigenvalue weighted by Gasteiger charge is 2.33. The average molecular weight is 396 g/mol. The summed E-state index contributed by atoms with van der Waals surface area (Å²) in [7, 11) is 0. The summed E-state index contributed by atoms with van der Waals surface area (Å²) in [6, 6.07) is 6.15. The first-order valence-electron chi connectivity index (χ1n) is 10.1. The van der Waals surface area contributed by atoms with Crippen molar-refractivity contribution in [2.24, 2.45) is 0 Å². The van der Waals surface area contributed by atoms with Crippen LogP contribution in [-0.2, 0) is 12.8 Å². The Morgan fingerprint density at radius 2 is 2.10 bits per heavy atom. The summed E-state index contributed by atoms with van der Waals surface area (Å²) in [5, 5.41) is 7.23. The van der Waals surface area contributed by atoms with E-state index >= 15 is 0 Å². The highest BCUT2D eigenvalue weighted by molar-refractivity contribution is 5.94. The van der Waals surface area contributed by atoms with E-state index in [1.807, 2.05) is 18.7 Å². The molecule has 1 amide bonds. The number of rotatable bonds is 5. The molecule has 1 fully saturated rings. The second-order valence-corrected chi connectivity index (χ2v) is 7.51. The fraction of sp³-hybridized carbons (Fsp3) is 0.409. The molecule has 6 nitrogen and oxygen atoms in total. The number of amides is 1. The standard InChI is InChI=1S/C22H25FN4O2/c1-3-18-14(2)20(26-25-18)22(28)27-11-5-4-6-19(27)21-24-13-17(29-21)12-15-7-9-16(23)10-8-15/h7-10,13,19H,3-6,11-12H2,1-2H3,(H,25,26)/t19-/m1/s1. The number of aryl methyl sites for hydroxylation is 1. The molecule has 1 aliphatic heterocycles. The van der Waals surface area contributed by atoms with Crippen molar-refractivity contribution in [3.8, 4) is 0 Å². The van der Waals surface area contributed by atoms with E-state index in [2.05, 4.69) is 15.2 Å². The molecule has 0 saturated carbocycles. The van der Waals surface area contributed by atoms with Crippen LogP contribution < -0.4 is 0 Å². The van der Waals surface area contributed by atoms with E-state index in [0.717, 1.165) is 42.5 Å². The van der Waals surface area contributed by atoms with Crippen molar-refractivity contribution in [1.82, 2.24) is 20.1 Å². The maximum absolute atomic E-state index is 13.2. The fourth-order valence-electron chi connectivity index (χ4n) is 3.92. The van der Waals surface area contributed by atoms with Gasteiger partial charge in [0, 0.05) is 24.2 Å². The minimum atomic E-state index is -0.261. The van der Waals surface area contributed by atoms with Crippen LogP contribution in [-0.4, -0.2) is 32.5 Å². The van der Waals surface area contributed by atoms with E-state index in [-0.39, 0.29) is 17.8 Å². The van der Waals surface area contributed by atoms with Crippen LogP contribution in [0, 0.1) is 12.7 Å². The van der Waals surface area contributed by atoms with E-state index in [1.54, 1.807) is 18.3 Å². The Hall–Kier alpha value is -2.96. The number of likely N-dealkylation sites (tertiary alicyclic amines) is 1. The summed E-state index contributed by atoms with van der Waals surface area (Å²) >= 11 is 0. The summed E-state index contributed by atoms with van der Waals surface area (Å²) in [5.74, 6) is 0.914. The number of aromatic amines is 1. The van der Waals surface area contributed by atoms with Crippen LogP contribution in [0.1, 0.15) is 71.2 Å². The second kappa shape index (κ2) is 8.19. The predicted molar refractivity (Wildman–Crippen MR) is 106 cm³/mol. The Morgan fingerprint density at radius 3 is 2.83 bits per heavy atom. The van der Waals surface area contributed by atoms with Crippen LogP contribution >= 0.6 is 0 Å². The topological polar surface area (TPSA) is 75.0 Å². The van der Waals surface area contributed by atoms with Crippen LogP contribution in [0.2, 0.25) is 0 Å². The lowest BCUT2D eigenvalue weighted by atomic mass is 10.0. The van der Waals surface area contributed by atoms with Gasteiger partial charge in [-0.3, -0.25) is 9.89 Å². The lowest BCUT2D eigenvalue weighted by Gasteiger charge is -2.33. The highest BCUT2D eigenvalue weighted by Crippen LogP contribution is 2.32. The molecular weight excluding hydrogens is 371 g/mol. The van der Waals surface area contributed by atoms with Crippen LogP contribution in [0.5, 0.6) is 0 Å². The van der Waals surface area contributed by atoms with Crippen LogP contribution in [0.25, 0.3) is 0 Å². The SMILES string of the molecule is CCc1[nH]nc(C(=O)N2CCCC[C@@H]2c2ncc(Cc3ccc(F)cc3)o2)c1C. The average Bonchev–Trinajstić information content (AvgIpc) is 3.35. The number of nitrogens with one attached hydrogen (secondary N) is 1. The van der Waals surface area contributed by atoms with Crippen molar-refractivity contribution in [3.05, 3.63) is 70.4 Å². The molecule has 4 rings (SSSR count). The number of halogens is 1. The van der Waals surface area contributed by atoms with Gasteiger partial charge >= 0.3 is 0 Å². The number of H-pyrrole nitrogens is 1. The molecule has 152 valence electrons. The van der Waals surface area contributed by atoms with Crippen molar-refractivity contribution in [3.63, 3.8) is 0 Å². The molecule has 29 heavy (non-hydrogen) atoms. The molecule has 1 saturated heterocycles. The normalized spacial score (nSPS) is 16.9. The maximum atomic E-state index is 13.2. The van der Waals surface area contributed by atoms with Gasteiger partial charge in [0.1, 0.15) is 17.6 Å². The molecule has 1 N–H and O–H groups in total. The third-order valence-corrected chi connectivity index (χ3v) is 5.58. The predicted octanol–water partition coefficient (Wildman–Crippen LogP) is 4.37. The zero-order chi connectivity index (χ0) is 20.4. The second-order valence-electron chi connectivity index (χ2n) is 7.51. The van der Waals surface area contributed by atoms with Crippen LogP contribution in [0.4, 0.5) is 4.39 Å². The third-order valence-electron chi connectivity index (χ3n) is 5.58. The Kier molecular flexibility index (Phi) is 5.47. The molecule has 3 heterocycles. The first kappa shape index (κ1) is 19.4. The summed E-state index contributed by atoms with van der Waals surface area (Å²) in [4.78, 5) is 19.5. The van der Waals surface area contributed by atoms with Gasteiger partial charge in [-0.1, -0.05) is 19.1 Å². The lowest BCUT2D eigenvalue weighted by Crippen LogP contribution is -2.39. The van der Waals surface area contributed by atoms with Gasteiger partial charge in [0.05, 0.1) is 6.20 Å². The van der Waals surface area contributed by atoms with Gasteiger partial charge in [0.25, 0.3) is 5.91 Å². The molecule has 1 atom stereocenters. The molecule has 0 unspecified atom stereocenters. The number of nitrogens with zero attached hydrogens (tertiary/aromatic N) is 3. The van der Waals surface area contributed by atoms with Gasteiger partial charge < -0.3 is 9.32 Å². The van der Waals surface area contributed by atoms with Crippen molar-refractivity contribution < 1.29 is 13.6 Å². The Bertz CT molecular complexity index is 993. The molecule has 0 radical (unpaired) electrons. The van der Waals surface area contributed by atoms with Crippen LogP contribution in [0.15, 0.2) is 34.9 Å². The summed E-state index contributed by atoms with van der Waals surface area (Å²) < 4.78 is 19.1. The van der Waals surface area contributed by atoms with Crippen molar-refractivity contribution in [2.45, 2.75) is 52.0 Å². The third kappa shape index (κ3) is 3.95. The number of aromatic nitrogens is 3. The van der Waals surface area contributed by atoms with E-state index in [0.29, 0.717) is 30.3 Å². The van der Waals surface area contributed by atoms with Crippen molar-refractivity contribution in [2.75, 3.05) is 6.54 Å². The number of benzene rings is 1. The molecule has 7 heteroatoms. The molecule has 0 aliphatic carbocycles. The number of carbonyl (C=O) groups excluding carboxylic acids is 1. The van der Waals surface area contributed by atoms with Crippen molar-refractivity contribution >= 4 is 5.91 Å². The largest absolute Gasteiger partial charge is 0.443 e. The van der Waals surface area contributed by atoms with E-state index < -0.39 is 0 Å². The minimum absolute atomic E-state index is 0.0820. The fourth-order valence-corrected chi connectivity index (χ4v) is 3.92. The molecule has 1 aliphatic rings. The number of oxazole rings is 1. The number of carbonyl (C=O) groups is 1. The molecule has 1 aromatic carbocycles. The monoisotopic (exact) mass is 396 g/mol. The Labute approximate surface area is 169 Å². The molecule has 3 aromatic rings. The zero-order valence-corrected chi connectivity index (χ0v) is 16.7. The van der Waals surface area contributed by atoms with Crippen molar-refractivity contribution in [1.29, 1.82) is 0 Å². The van der Waals surface area contributed by atoms with Crippen LogP contribution in [0.3, 0.4) is 0 Å². The quantitative estimate of drug-likeness (QED) is 0.695. The maximum Gasteiger partial charge on any atom is 0.275 e. The highest BCUT2D eigenvalue weighted by atomic mass is 19.1. The first-order chi connectivity index (χ1) is 14.1. The smallest absolute Gasteiger partial charge is 0.275 e. The lowest BCUT2D eigenvalue weighted by molar-refractivity contribution is 0.0563. The number of piperidine rings is 1. The summed E-state index contributed by atoms with van der Waals surface area (Å²) in [5.41, 5.74) is 3.32. The molecule has 0 bridgehead atoms.